The van der Waals surface area contributed by atoms with Crippen molar-refractivity contribution in [2.75, 3.05) is 13.2 Å². The van der Waals surface area contributed by atoms with Gasteiger partial charge < -0.3 is 10.1 Å². The number of para-hydroxylation sites is 1. The maximum Gasteiger partial charge on any atom is 0.419 e. The Balaban J connectivity index is 2.74. The smallest absolute Gasteiger partial charge is 0.419 e. The van der Waals surface area contributed by atoms with Gasteiger partial charge in [-0.15, -0.1) is 0 Å². The van der Waals surface area contributed by atoms with Crippen molar-refractivity contribution in [1.82, 2.24) is 5.32 Å². The molecule has 0 aliphatic carbocycles. The number of carbonyl (C=O) groups excluding carboxylic acids is 1. The number of alkyl halides is 3. The summed E-state index contributed by atoms with van der Waals surface area (Å²) in [5, 5.41) is 2.43. The maximum atomic E-state index is 12.5. The molecule has 0 radical (unpaired) electrons. The lowest BCUT2D eigenvalue weighted by Crippen LogP contribution is -2.28. The largest absolute Gasteiger partial charge is 0.483 e. The van der Waals surface area contributed by atoms with Gasteiger partial charge >= 0.3 is 6.18 Å². The molecule has 0 atom stereocenters. The van der Waals surface area contributed by atoms with Crippen molar-refractivity contribution in [3.8, 4) is 5.75 Å². The van der Waals surface area contributed by atoms with Crippen LogP contribution in [0, 0.1) is 0 Å². The summed E-state index contributed by atoms with van der Waals surface area (Å²) in [5.41, 5.74) is -0.885. The lowest BCUT2D eigenvalue weighted by Gasteiger charge is -2.13. The third kappa shape index (κ3) is 3.97. The van der Waals surface area contributed by atoms with Gasteiger partial charge in [0.15, 0.2) is 6.61 Å². The van der Waals surface area contributed by atoms with E-state index < -0.39 is 24.3 Å². The number of hydrogen-bond acceptors (Lipinski definition) is 2. The molecule has 1 aromatic carbocycles. The Kier molecular flexibility index (Phi) is 4.37. The molecule has 3 nitrogen and oxygen atoms in total. The summed E-state index contributed by atoms with van der Waals surface area (Å²) in [6.45, 7) is 1.69. The van der Waals surface area contributed by atoms with Crippen molar-refractivity contribution in [3.63, 3.8) is 0 Å². The van der Waals surface area contributed by atoms with Gasteiger partial charge in [0.25, 0.3) is 5.91 Å². The minimum absolute atomic E-state index is 0.341. The van der Waals surface area contributed by atoms with Crippen LogP contribution >= 0.6 is 0 Å². The van der Waals surface area contributed by atoms with Crippen LogP contribution in [0.1, 0.15) is 12.5 Å². The minimum atomic E-state index is -4.49. The quantitative estimate of drug-likeness (QED) is 0.885. The first kappa shape index (κ1) is 13.3. The molecule has 0 saturated carbocycles. The second-order valence-electron chi connectivity index (χ2n) is 3.24. The van der Waals surface area contributed by atoms with E-state index in [2.05, 4.69) is 5.32 Å². The summed E-state index contributed by atoms with van der Waals surface area (Å²) in [6, 6.07) is 4.78. The van der Waals surface area contributed by atoms with Crippen LogP contribution in [-0.4, -0.2) is 19.1 Å². The first-order valence-corrected chi connectivity index (χ1v) is 5.01. The molecule has 0 spiro atoms. The van der Waals surface area contributed by atoms with Crippen molar-refractivity contribution in [2.24, 2.45) is 0 Å². The minimum Gasteiger partial charge on any atom is -0.483 e. The Bertz CT molecular complexity index is 391. The number of amides is 1. The predicted molar refractivity (Wildman–Crippen MR) is 55.6 cm³/mol. The van der Waals surface area contributed by atoms with Crippen molar-refractivity contribution >= 4 is 5.91 Å². The van der Waals surface area contributed by atoms with Crippen LogP contribution in [0.5, 0.6) is 5.75 Å². The molecular formula is C11H12F3NO2. The summed E-state index contributed by atoms with van der Waals surface area (Å²) < 4.78 is 42.5. The lowest BCUT2D eigenvalue weighted by atomic mass is 10.2. The fraction of sp³-hybridized carbons (Fsp3) is 0.364. The molecule has 1 aromatic rings. The topological polar surface area (TPSA) is 38.3 Å². The lowest BCUT2D eigenvalue weighted by molar-refractivity contribution is -0.139. The predicted octanol–water partition coefficient (Wildman–Crippen LogP) is 2.22. The normalized spacial score (nSPS) is 11.1. The Morgan fingerprint density at radius 1 is 1.35 bits per heavy atom. The zero-order valence-electron chi connectivity index (χ0n) is 9.17. The van der Waals surface area contributed by atoms with Gasteiger partial charge in [-0.3, -0.25) is 4.79 Å². The van der Waals surface area contributed by atoms with Gasteiger partial charge in [-0.05, 0) is 19.1 Å². The van der Waals surface area contributed by atoms with Crippen molar-refractivity contribution in [1.29, 1.82) is 0 Å². The van der Waals surface area contributed by atoms with E-state index in [1.165, 1.54) is 18.2 Å². The van der Waals surface area contributed by atoms with Gasteiger partial charge in [0.05, 0.1) is 5.56 Å². The number of likely N-dealkylation sites (N-methyl/N-ethyl adjacent to an activating group) is 1. The SMILES string of the molecule is CCNC(=O)COc1ccccc1C(F)(F)F. The Labute approximate surface area is 96.6 Å². The van der Waals surface area contributed by atoms with E-state index in [1.807, 2.05) is 0 Å². The number of halogens is 3. The third-order valence-corrected chi connectivity index (χ3v) is 1.93. The van der Waals surface area contributed by atoms with Crippen molar-refractivity contribution < 1.29 is 22.7 Å². The molecule has 0 aromatic heterocycles. The van der Waals surface area contributed by atoms with Crippen LogP contribution in [0.2, 0.25) is 0 Å². The summed E-state index contributed by atoms with van der Waals surface area (Å²) in [7, 11) is 0. The van der Waals surface area contributed by atoms with Gasteiger partial charge in [0, 0.05) is 6.54 Å². The number of ether oxygens (including phenoxy) is 1. The van der Waals surface area contributed by atoms with E-state index in [0.717, 1.165) is 6.07 Å². The summed E-state index contributed by atoms with van der Waals surface area (Å²) in [5.74, 6) is -0.796. The number of rotatable bonds is 4. The molecule has 1 rings (SSSR count). The summed E-state index contributed by atoms with van der Waals surface area (Å²) >= 11 is 0. The molecule has 17 heavy (non-hydrogen) atoms. The number of carbonyl (C=O) groups is 1. The monoisotopic (exact) mass is 247 g/mol. The fourth-order valence-corrected chi connectivity index (χ4v) is 1.22. The highest BCUT2D eigenvalue weighted by Crippen LogP contribution is 2.35. The number of hydrogen-bond donors (Lipinski definition) is 1. The average molecular weight is 247 g/mol. The average Bonchev–Trinajstić information content (AvgIpc) is 2.26. The fourth-order valence-electron chi connectivity index (χ4n) is 1.22. The van der Waals surface area contributed by atoms with Crippen LogP contribution in [0.4, 0.5) is 13.2 Å². The molecule has 0 fully saturated rings. The maximum absolute atomic E-state index is 12.5. The van der Waals surface area contributed by atoms with Crippen LogP contribution in [0.25, 0.3) is 0 Å². The molecule has 1 N–H and O–H groups in total. The number of benzene rings is 1. The second kappa shape index (κ2) is 5.56. The van der Waals surface area contributed by atoms with Gasteiger partial charge in [0.2, 0.25) is 0 Å². The zero-order valence-corrected chi connectivity index (χ0v) is 9.17. The Hall–Kier alpha value is -1.72. The standard InChI is InChI=1S/C11H12F3NO2/c1-2-15-10(16)7-17-9-6-4-3-5-8(9)11(12,13)14/h3-6H,2,7H2,1H3,(H,15,16). The molecule has 1 amide bonds. The molecule has 0 aliphatic rings. The van der Waals surface area contributed by atoms with Crippen LogP contribution in [-0.2, 0) is 11.0 Å². The second-order valence-corrected chi connectivity index (χ2v) is 3.24. The molecule has 94 valence electrons. The van der Waals surface area contributed by atoms with E-state index in [1.54, 1.807) is 6.92 Å². The van der Waals surface area contributed by atoms with E-state index in [0.29, 0.717) is 6.54 Å². The van der Waals surface area contributed by atoms with Crippen LogP contribution < -0.4 is 10.1 Å². The van der Waals surface area contributed by atoms with E-state index in [4.69, 9.17) is 4.74 Å². The van der Waals surface area contributed by atoms with Gasteiger partial charge in [0.1, 0.15) is 5.75 Å². The van der Waals surface area contributed by atoms with Crippen molar-refractivity contribution in [2.45, 2.75) is 13.1 Å². The molecular weight excluding hydrogens is 235 g/mol. The van der Waals surface area contributed by atoms with Crippen LogP contribution in [0.15, 0.2) is 24.3 Å². The van der Waals surface area contributed by atoms with Gasteiger partial charge in [-0.25, -0.2) is 0 Å². The molecule has 0 aliphatic heterocycles. The molecule has 6 heteroatoms. The zero-order chi connectivity index (χ0) is 12.9. The molecule has 0 heterocycles. The highest BCUT2D eigenvalue weighted by molar-refractivity contribution is 5.77. The molecule has 0 unspecified atom stereocenters. The third-order valence-electron chi connectivity index (χ3n) is 1.93. The van der Waals surface area contributed by atoms with E-state index in [9.17, 15) is 18.0 Å². The van der Waals surface area contributed by atoms with Crippen molar-refractivity contribution in [3.05, 3.63) is 29.8 Å². The van der Waals surface area contributed by atoms with E-state index in [-0.39, 0.29) is 5.75 Å². The molecule has 0 saturated heterocycles. The summed E-state index contributed by atoms with van der Waals surface area (Å²) in [4.78, 5) is 11.1. The van der Waals surface area contributed by atoms with Gasteiger partial charge in [-0.2, -0.15) is 13.2 Å². The highest BCUT2D eigenvalue weighted by atomic mass is 19.4. The Morgan fingerprint density at radius 2 is 2.00 bits per heavy atom. The van der Waals surface area contributed by atoms with Gasteiger partial charge in [-0.1, -0.05) is 12.1 Å². The first-order valence-electron chi connectivity index (χ1n) is 5.01. The summed E-state index contributed by atoms with van der Waals surface area (Å²) in [6.07, 6.45) is -4.49. The van der Waals surface area contributed by atoms with Crippen LogP contribution in [0.3, 0.4) is 0 Å². The Morgan fingerprint density at radius 3 is 2.59 bits per heavy atom. The van der Waals surface area contributed by atoms with E-state index >= 15 is 0 Å². The first-order chi connectivity index (χ1) is 7.95. The number of nitrogens with one attached hydrogen (secondary N) is 1. The highest BCUT2D eigenvalue weighted by Gasteiger charge is 2.34. The molecule has 0 bridgehead atoms.